The van der Waals surface area contributed by atoms with E-state index in [-0.39, 0.29) is 11.9 Å². The van der Waals surface area contributed by atoms with Crippen molar-refractivity contribution in [1.29, 1.82) is 0 Å². The molecule has 6 heteroatoms. The molecule has 0 fully saturated rings. The van der Waals surface area contributed by atoms with Crippen LogP contribution in [0.4, 0.5) is 0 Å². The number of benzene rings is 1. The third-order valence-corrected chi connectivity index (χ3v) is 5.96. The average molecular weight is 371 g/mol. The second-order valence-electron chi connectivity index (χ2n) is 7.95. The maximum absolute atomic E-state index is 13.2. The number of hydrogen-bond donors (Lipinski definition) is 1. The van der Waals surface area contributed by atoms with Crippen molar-refractivity contribution in [3.05, 3.63) is 40.6 Å². The lowest BCUT2D eigenvalue weighted by molar-refractivity contribution is 0.00214. The molecule has 2 aliphatic rings. The van der Waals surface area contributed by atoms with Gasteiger partial charge in [-0.1, -0.05) is 37.2 Å². The van der Waals surface area contributed by atoms with Gasteiger partial charge < -0.3 is 14.1 Å². The molecule has 0 amide bonds. The van der Waals surface area contributed by atoms with E-state index >= 15 is 0 Å². The summed E-state index contributed by atoms with van der Waals surface area (Å²) in [5.74, 6) is 0.729. The first-order valence-corrected chi connectivity index (χ1v) is 11.6. The third kappa shape index (κ3) is 2.51. The summed E-state index contributed by atoms with van der Waals surface area (Å²) in [6.07, 6.45) is 1.50. The fourth-order valence-electron chi connectivity index (χ4n) is 4.21. The third-order valence-electron chi connectivity index (χ3n) is 5.21. The highest BCUT2D eigenvalue weighted by molar-refractivity contribution is 6.48. The molecular formula is C20H24NO4Si. The Balaban J connectivity index is 1.93. The predicted molar refractivity (Wildman–Crippen MR) is 99.3 cm³/mol. The number of aromatic nitrogens is 1. The molecule has 2 aliphatic carbocycles. The summed E-state index contributed by atoms with van der Waals surface area (Å²) >= 11 is 0. The lowest BCUT2D eigenvalue weighted by Crippen LogP contribution is -2.43. The average Bonchev–Trinajstić information content (AvgIpc) is 3.01. The van der Waals surface area contributed by atoms with Crippen LogP contribution >= 0.6 is 0 Å². The normalized spacial score (nSPS) is 24.1. The fourth-order valence-corrected chi connectivity index (χ4v) is 5.01. The second-order valence-corrected chi connectivity index (χ2v) is 10.0. The summed E-state index contributed by atoms with van der Waals surface area (Å²) in [5.41, 5.74) is 2.03. The summed E-state index contributed by atoms with van der Waals surface area (Å²) in [6, 6.07) is 5.72. The lowest BCUT2D eigenvalue weighted by Gasteiger charge is -2.37. The number of carbonyl (C=O) groups excluding carboxylic acids is 1. The Morgan fingerprint density at radius 3 is 2.88 bits per heavy atom. The van der Waals surface area contributed by atoms with Crippen LogP contribution < -0.4 is 0 Å². The number of carbonyl (C=O) groups is 1. The van der Waals surface area contributed by atoms with Crippen LogP contribution in [0.3, 0.4) is 0 Å². The molecule has 0 saturated heterocycles. The van der Waals surface area contributed by atoms with E-state index in [0.29, 0.717) is 41.3 Å². The van der Waals surface area contributed by atoms with Crippen LogP contribution in [0, 0.1) is 5.92 Å². The maximum atomic E-state index is 13.2. The first-order chi connectivity index (χ1) is 12.3. The molecule has 2 atom stereocenters. The van der Waals surface area contributed by atoms with Gasteiger partial charge in [0.15, 0.2) is 17.1 Å². The van der Waals surface area contributed by atoms with Gasteiger partial charge in [-0.05, 0) is 43.8 Å². The van der Waals surface area contributed by atoms with E-state index < -0.39 is 14.6 Å². The van der Waals surface area contributed by atoms with E-state index in [2.05, 4.69) is 32.1 Å². The smallest absolute Gasteiger partial charge is 0.206 e. The van der Waals surface area contributed by atoms with Crippen molar-refractivity contribution in [1.82, 2.24) is 5.16 Å². The molecule has 137 valence electrons. The van der Waals surface area contributed by atoms with Crippen molar-refractivity contribution in [3.63, 3.8) is 0 Å². The molecular weight excluding hydrogens is 346 g/mol. The number of hydrogen-bond acceptors (Lipinski definition) is 5. The highest BCUT2D eigenvalue weighted by atomic mass is 28.3. The van der Waals surface area contributed by atoms with Crippen molar-refractivity contribution in [2.75, 3.05) is 0 Å². The summed E-state index contributed by atoms with van der Waals surface area (Å²) in [4.78, 5) is 13.2. The topological polar surface area (TPSA) is 72.6 Å². The van der Waals surface area contributed by atoms with Crippen LogP contribution in [0.15, 0.2) is 22.7 Å². The van der Waals surface area contributed by atoms with Crippen LogP contribution in [0.5, 0.6) is 0 Å². The van der Waals surface area contributed by atoms with Gasteiger partial charge in [0.2, 0.25) is 9.04 Å². The van der Waals surface area contributed by atoms with Crippen LogP contribution in [0.25, 0.3) is 11.3 Å². The van der Waals surface area contributed by atoms with Crippen LogP contribution in [0.1, 0.15) is 60.0 Å². The molecule has 2 aromatic rings. The van der Waals surface area contributed by atoms with Gasteiger partial charge in [0.05, 0.1) is 5.56 Å². The van der Waals surface area contributed by atoms with Gasteiger partial charge in [-0.3, -0.25) is 4.79 Å². The maximum Gasteiger partial charge on any atom is 0.206 e. The Morgan fingerprint density at radius 1 is 1.42 bits per heavy atom. The standard InChI is InChI=1S/C20H24NO4Si/c1-11(2)10-12-6-5-7-13-15(12)17-16-18(24-21-17)14(25-26(3)4)8-9-20(16,23)19(13)22/h5-7,11,14,23H,8-10H2,1-4H3. The van der Waals surface area contributed by atoms with E-state index in [0.717, 1.165) is 17.5 Å². The Morgan fingerprint density at radius 2 is 2.19 bits per heavy atom. The fraction of sp³-hybridized carbons (Fsp3) is 0.500. The number of ketones is 1. The number of nitrogens with zero attached hydrogens (tertiary/aromatic N) is 1. The van der Waals surface area contributed by atoms with Crippen molar-refractivity contribution in [3.8, 4) is 11.3 Å². The van der Waals surface area contributed by atoms with Gasteiger partial charge in [0.1, 0.15) is 11.8 Å². The van der Waals surface area contributed by atoms with Crippen LogP contribution in [0.2, 0.25) is 13.1 Å². The molecule has 0 bridgehead atoms. The first-order valence-electron chi connectivity index (χ1n) is 9.19. The van der Waals surface area contributed by atoms with Crippen LogP contribution in [-0.2, 0) is 16.4 Å². The summed E-state index contributed by atoms with van der Waals surface area (Å²) in [7, 11) is -0.943. The Kier molecular flexibility index (Phi) is 4.17. The molecule has 1 aromatic heterocycles. The highest BCUT2D eigenvalue weighted by Gasteiger charge is 2.53. The van der Waals surface area contributed by atoms with Gasteiger partial charge in [0.25, 0.3) is 0 Å². The zero-order valence-electron chi connectivity index (χ0n) is 15.6. The monoisotopic (exact) mass is 370 g/mol. The lowest BCUT2D eigenvalue weighted by atomic mass is 9.69. The molecule has 1 heterocycles. The van der Waals surface area contributed by atoms with Gasteiger partial charge in [-0.25, -0.2) is 0 Å². The van der Waals surface area contributed by atoms with E-state index in [9.17, 15) is 9.90 Å². The van der Waals surface area contributed by atoms with E-state index in [4.69, 9.17) is 8.95 Å². The second kappa shape index (κ2) is 6.15. The number of Topliss-reactive ketones (excluding diaryl/α,β-unsaturated/α-hetero) is 1. The summed E-state index contributed by atoms with van der Waals surface area (Å²) < 4.78 is 11.7. The van der Waals surface area contributed by atoms with Crippen molar-refractivity contribution in [2.45, 2.75) is 57.9 Å². The van der Waals surface area contributed by atoms with E-state index in [1.165, 1.54) is 0 Å². The minimum Gasteiger partial charge on any atom is -0.407 e. The number of fused-ring (bicyclic) bond motifs is 2. The highest BCUT2D eigenvalue weighted by Crippen LogP contribution is 2.52. The molecule has 1 radical (unpaired) electrons. The molecule has 1 N–H and O–H groups in total. The van der Waals surface area contributed by atoms with E-state index in [1.807, 2.05) is 12.1 Å². The minimum atomic E-state index is -1.55. The first kappa shape index (κ1) is 17.6. The zero-order valence-corrected chi connectivity index (χ0v) is 16.6. The number of aliphatic hydroxyl groups is 1. The molecule has 0 spiro atoms. The Labute approximate surface area is 155 Å². The molecule has 26 heavy (non-hydrogen) atoms. The number of rotatable bonds is 4. The molecule has 2 unspecified atom stereocenters. The Hall–Kier alpha value is -1.76. The van der Waals surface area contributed by atoms with Crippen molar-refractivity contribution in [2.24, 2.45) is 5.92 Å². The van der Waals surface area contributed by atoms with Gasteiger partial charge in [-0.15, -0.1) is 0 Å². The largest absolute Gasteiger partial charge is 0.407 e. The molecule has 0 saturated carbocycles. The Bertz CT molecular complexity index is 873. The molecule has 0 aliphatic heterocycles. The molecule has 1 aromatic carbocycles. The van der Waals surface area contributed by atoms with Gasteiger partial charge in [-0.2, -0.15) is 0 Å². The van der Waals surface area contributed by atoms with Gasteiger partial charge >= 0.3 is 0 Å². The minimum absolute atomic E-state index is 0.234. The summed E-state index contributed by atoms with van der Waals surface area (Å²) in [5, 5.41) is 15.6. The quantitative estimate of drug-likeness (QED) is 0.823. The van der Waals surface area contributed by atoms with Gasteiger partial charge in [0, 0.05) is 11.1 Å². The summed E-state index contributed by atoms with van der Waals surface area (Å²) in [6.45, 7) is 8.42. The predicted octanol–water partition coefficient (Wildman–Crippen LogP) is 4.03. The SMILES string of the molecule is CC(C)Cc1cccc2c1-c1noc3c1C(O)(CCC3O[Si](C)C)C2=O. The van der Waals surface area contributed by atoms with E-state index in [1.54, 1.807) is 6.07 Å². The van der Waals surface area contributed by atoms with Crippen molar-refractivity contribution < 1.29 is 18.9 Å². The zero-order chi connectivity index (χ0) is 18.6. The van der Waals surface area contributed by atoms with Crippen molar-refractivity contribution >= 4 is 14.8 Å². The molecule has 4 rings (SSSR count). The molecule has 5 nitrogen and oxygen atoms in total. The van der Waals surface area contributed by atoms with Crippen LogP contribution in [-0.4, -0.2) is 25.1 Å².